The Labute approximate surface area is 222 Å². The van der Waals surface area contributed by atoms with Gasteiger partial charge >= 0.3 is 0 Å². The van der Waals surface area contributed by atoms with Crippen LogP contribution in [0.3, 0.4) is 0 Å². The number of nitrogens with one attached hydrogen (secondary N) is 1. The first-order chi connectivity index (χ1) is 16.5. The zero-order valence-electron chi connectivity index (χ0n) is 19.0. The summed E-state index contributed by atoms with van der Waals surface area (Å²) in [6.07, 6.45) is 0. The fourth-order valence-electron chi connectivity index (χ4n) is 2.52. The molecule has 0 radical (unpaired) electrons. The SMILES string of the molecule is Nc1ccccc1N.O=S(=O)(Cl)c1ccccc1.[Cl-].[NH3+]c1ccccc1NS(=O)(=O)c1ccccc1. The zero-order chi connectivity index (χ0) is 25.9. The van der Waals surface area contributed by atoms with E-state index in [0.29, 0.717) is 22.7 Å². The number of hydrogen-bond donors (Lipinski definition) is 4. The number of quaternary nitrogens is 1. The van der Waals surface area contributed by atoms with Crippen LogP contribution in [0.25, 0.3) is 0 Å². The number of halogens is 2. The number of para-hydroxylation sites is 3. The van der Waals surface area contributed by atoms with Gasteiger partial charge in [-0.2, -0.15) is 0 Å². The maximum Gasteiger partial charge on any atom is 0.262 e. The van der Waals surface area contributed by atoms with E-state index in [4.69, 9.17) is 22.1 Å². The standard InChI is InChI=1S/C12H12N2O2S.C6H5ClO2S.C6H8N2.ClH/c13-11-8-4-5-9-12(11)14-17(15,16)10-6-2-1-3-7-10;7-10(8,9)6-4-2-1-3-5-6;7-5-3-1-2-4-6(5)8;/h1-9,14H,13H2;1-5H;1-4H,7-8H2;1H. The third-order valence-corrected chi connectivity index (χ3v) is 7.09. The van der Waals surface area contributed by atoms with Crippen molar-refractivity contribution in [3.8, 4) is 0 Å². The molecule has 36 heavy (non-hydrogen) atoms. The predicted molar refractivity (Wildman–Crippen MR) is 141 cm³/mol. The zero-order valence-corrected chi connectivity index (χ0v) is 22.1. The van der Waals surface area contributed by atoms with Crippen molar-refractivity contribution < 1.29 is 35.0 Å². The number of nitrogen functional groups attached to an aromatic ring is 2. The first-order valence-electron chi connectivity index (χ1n) is 10.1. The van der Waals surface area contributed by atoms with E-state index in [0.717, 1.165) is 0 Å². The molecule has 4 aromatic rings. The predicted octanol–water partition coefficient (Wildman–Crippen LogP) is 0.830. The number of sulfonamides is 1. The Kier molecular flexibility index (Phi) is 12.2. The molecule has 0 amide bonds. The van der Waals surface area contributed by atoms with E-state index >= 15 is 0 Å². The highest BCUT2D eigenvalue weighted by Gasteiger charge is 2.15. The smallest absolute Gasteiger partial charge is 0.262 e. The summed E-state index contributed by atoms with van der Waals surface area (Å²) in [4.78, 5) is 0.375. The summed E-state index contributed by atoms with van der Waals surface area (Å²) >= 11 is 0. The Bertz CT molecular complexity index is 1420. The van der Waals surface area contributed by atoms with Gasteiger partial charge in [-0.05, 0) is 42.5 Å². The van der Waals surface area contributed by atoms with Gasteiger partial charge in [-0.25, -0.2) is 16.8 Å². The van der Waals surface area contributed by atoms with Crippen LogP contribution in [0.1, 0.15) is 0 Å². The van der Waals surface area contributed by atoms with E-state index in [9.17, 15) is 16.8 Å². The maximum atomic E-state index is 12.0. The molecular weight excluding hydrogens is 543 g/mol. The largest absolute Gasteiger partial charge is 1.00 e. The summed E-state index contributed by atoms with van der Waals surface area (Å²) in [6, 6.07) is 30.4. The average molecular weight is 570 g/mol. The van der Waals surface area contributed by atoms with Gasteiger partial charge in [0.25, 0.3) is 19.1 Å². The number of rotatable bonds is 4. The minimum Gasteiger partial charge on any atom is -1.00 e. The van der Waals surface area contributed by atoms with Gasteiger partial charge in [0, 0.05) is 16.7 Å². The van der Waals surface area contributed by atoms with Crippen LogP contribution < -0.4 is 34.3 Å². The molecule has 0 heterocycles. The van der Waals surface area contributed by atoms with Crippen LogP contribution in [0.2, 0.25) is 0 Å². The molecule has 0 fully saturated rings. The fourth-order valence-corrected chi connectivity index (χ4v) is 4.43. The van der Waals surface area contributed by atoms with Crippen molar-refractivity contribution in [3.05, 3.63) is 109 Å². The highest BCUT2D eigenvalue weighted by molar-refractivity contribution is 8.13. The summed E-state index contributed by atoms with van der Waals surface area (Å²) in [7, 11) is -2.03. The Morgan fingerprint density at radius 1 is 0.611 bits per heavy atom. The number of nitrogens with two attached hydrogens (primary N) is 2. The molecule has 0 aromatic heterocycles. The topological polar surface area (TPSA) is 160 Å². The molecule has 8 nitrogen and oxygen atoms in total. The van der Waals surface area contributed by atoms with Gasteiger partial charge in [0.05, 0.1) is 21.2 Å². The third-order valence-electron chi connectivity index (χ3n) is 4.34. The Balaban J connectivity index is 0.000000291. The number of hydrogen-bond acceptors (Lipinski definition) is 6. The van der Waals surface area contributed by atoms with Crippen molar-refractivity contribution in [2.45, 2.75) is 9.79 Å². The first-order valence-corrected chi connectivity index (χ1v) is 13.9. The summed E-state index contributed by atoms with van der Waals surface area (Å²) in [5, 5.41) is 0. The number of benzene rings is 4. The minimum atomic E-state index is -3.53. The summed E-state index contributed by atoms with van der Waals surface area (Å²) < 4.78 is 47.7. The summed E-state index contributed by atoms with van der Waals surface area (Å²) in [5.41, 5.74) is 17.0. The fraction of sp³-hybridized carbons (Fsp3) is 0. The van der Waals surface area contributed by atoms with Gasteiger partial charge in [0.1, 0.15) is 5.69 Å². The van der Waals surface area contributed by atoms with Gasteiger partial charge in [-0.1, -0.05) is 60.7 Å². The molecule has 8 N–H and O–H groups in total. The van der Waals surface area contributed by atoms with E-state index in [-0.39, 0.29) is 22.2 Å². The molecule has 0 aliphatic heterocycles. The Hall–Kier alpha value is -3.28. The molecule has 0 atom stereocenters. The molecular formula is C24H26Cl2N4O4S2. The Morgan fingerprint density at radius 3 is 1.39 bits per heavy atom. The lowest BCUT2D eigenvalue weighted by Crippen LogP contribution is -3.00. The second-order valence-corrected chi connectivity index (χ2v) is 11.2. The number of anilines is 3. The van der Waals surface area contributed by atoms with Crippen LogP contribution in [0.5, 0.6) is 0 Å². The first kappa shape index (κ1) is 30.8. The van der Waals surface area contributed by atoms with Gasteiger partial charge in [0.15, 0.2) is 5.69 Å². The lowest BCUT2D eigenvalue weighted by molar-refractivity contribution is -0.253. The molecule has 4 aromatic carbocycles. The monoisotopic (exact) mass is 568 g/mol. The van der Waals surface area contributed by atoms with Gasteiger partial charge < -0.3 is 29.6 Å². The molecule has 0 bridgehead atoms. The Morgan fingerprint density at radius 2 is 1.00 bits per heavy atom. The second-order valence-electron chi connectivity index (χ2n) is 6.96. The second kappa shape index (κ2) is 14.3. The lowest BCUT2D eigenvalue weighted by Gasteiger charge is -2.07. The summed E-state index contributed by atoms with van der Waals surface area (Å²) in [6.45, 7) is 0. The molecule has 0 aliphatic rings. The highest BCUT2D eigenvalue weighted by atomic mass is 35.7. The average Bonchev–Trinajstić information content (AvgIpc) is 2.84. The van der Waals surface area contributed by atoms with E-state index in [1.54, 1.807) is 78.9 Å². The van der Waals surface area contributed by atoms with Crippen LogP contribution in [0.4, 0.5) is 22.7 Å². The minimum absolute atomic E-state index is 0. The highest BCUT2D eigenvalue weighted by Crippen LogP contribution is 2.20. The van der Waals surface area contributed by atoms with Crippen molar-refractivity contribution in [1.29, 1.82) is 0 Å². The molecule has 0 saturated carbocycles. The van der Waals surface area contributed by atoms with Crippen LogP contribution in [-0.4, -0.2) is 16.8 Å². The van der Waals surface area contributed by atoms with Crippen molar-refractivity contribution in [1.82, 2.24) is 0 Å². The molecule has 0 aliphatic carbocycles. The van der Waals surface area contributed by atoms with Crippen molar-refractivity contribution in [3.63, 3.8) is 0 Å². The van der Waals surface area contributed by atoms with Crippen LogP contribution in [0.15, 0.2) is 119 Å². The molecule has 0 spiro atoms. The van der Waals surface area contributed by atoms with E-state index in [1.165, 1.54) is 12.1 Å². The van der Waals surface area contributed by atoms with Gasteiger partial charge in [-0.3, -0.25) is 4.72 Å². The van der Waals surface area contributed by atoms with E-state index < -0.39 is 19.1 Å². The van der Waals surface area contributed by atoms with Crippen molar-refractivity contribution >= 4 is 52.5 Å². The van der Waals surface area contributed by atoms with Gasteiger partial charge in [0.2, 0.25) is 0 Å². The van der Waals surface area contributed by atoms with Gasteiger partial charge in [-0.15, -0.1) is 0 Å². The van der Waals surface area contributed by atoms with Crippen LogP contribution in [0, 0.1) is 0 Å². The lowest BCUT2D eigenvalue weighted by atomic mass is 10.3. The normalized spacial score (nSPS) is 10.4. The maximum absolute atomic E-state index is 12.0. The molecule has 12 heteroatoms. The van der Waals surface area contributed by atoms with E-state index in [1.807, 2.05) is 18.2 Å². The third kappa shape index (κ3) is 10.1. The molecule has 0 saturated heterocycles. The van der Waals surface area contributed by atoms with Crippen molar-refractivity contribution in [2.24, 2.45) is 0 Å². The van der Waals surface area contributed by atoms with Crippen LogP contribution >= 0.6 is 10.7 Å². The molecule has 0 unspecified atom stereocenters. The summed E-state index contributed by atoms with van der Waals surface area (Å²) in [5.74, 6) is 0. The van der Waals surface area contributed by atoms with Crippen LogP contribution in [-0.2, 0) is 19.1 Å². The molecule has 192 valence electrons. The quantitative estimate of drug-likeness (QED) is 0.210. The van der Waals surface area contributed by atoms with Crippen molar-refractivity contribution in [2.75, 3.05) is 16.2 Å². The molecule has 4 rings (SSSR count). The van der Waals surface area contributed by atoms with E-state index in [2.05, 4.69) is 10.5 Å².